The normalized spacial score (nSPS) is 13.7. The van der Waals surface area contributed by atoms with Crippen LogP contribution >= 0.6 is 0 Å². The second kappa shape index (κ2) is 36.8. The molecule has 308 valence electrons. The molecule has 0 aromatic heterocycles. The van der Waals surface area contributed by atoms with Crippen LogP contribution in [0.25, 0.3) is 0 Å². The summed E-state index contributed by atoms with van der Waals surface area (Å²) in [6, 6.07) is 0. The van der Waals surface area contributed by atoms with E-state index in [1.807, 2.05) is 0 Å². The Kier molecular flexibility index (Phi) is 33.9. The quantitative estimate of drug-likeness (QED) is 0.0288. The zero-order valence-electron chi connectivity index (χ0n) is 34.3. The van der Waals surface area contributed by atoms with E-state index < -0.39 is 0 Å². The van der Waals surface area contributed by atoms with Crippen LogP contribution in [0.1, 0.15) is 194 Å². The third kappa shape index (κ3) is 32.9. The lowest BCUT2D eigenvalue weighted by molar-refractivity contribution is -0.153. The number of hydrogen-bond acceptors (Lipinski definition) is 8. The molecular weight excluding hydrogens is 666 g/mol. The third-order valence-corrected chi connectivity index (χ3v) is 10.0. The van der Waals surface area contributed by atoms with Crippen molar-refractivity contribution in [2.45, 2.75) is 200 Å². The minimum atomic E-state index is -0.385. The number of aliphatic hydroxyl groups excluding tert-OH is 1. The molecule has 0 radical (unpaired) electrons. The first-order valence-corrected chi connectivity index (χ1v) is 22.1. The molecule has 0 aromatic rings. The van der Waals surface area contributed by atoms with Crippen molar-refractivity contribution >= 4 is 17.9 Å². The van der Waals surface area contributed by atoms with E-state index in [-0.39, 0.29) is 49.8 Å². The molecule has 8 heteroatoms. The second-order valence-corrected chi connectivity index (χ2v) is 15.4. The largest absolute Gasteiger partial charge is 0.465 e. The molecule has 0 spiro atoms. The van der Waals surface area contributed by atoms with Gasteiger partial charge in [-0.25, -0.2) is 0 Å². The summed E-state index contributed by atoms with van der Waals surface area (Å²) in [4.78, 5) is 39.7. The van der Waals surface area contributed by atoms with Crippen LogP contribution in [-0.4, -0.2) is 73.5 Å². The molecule has 1 N–H and O–H groups in total. The highest BCUT2D eigenvalue weighted by Crippen LogP contribution is 2.14. The van der Waals surface area contributed by atoms with Crippen molar-refractivity contribution < 1.29 is 33.7 Å². The van der Waals surface area contributed by atoms with Gasteiger partial charge in [0.15, 0.2) is 0 Å². The lowest BCUT2D eigenvalue weighted by Crippen LogP contribution is -2.50. The van der Waals surface area contributed by atoms with Crippen LogP contribution in [0.15, 0.2) is 24.3 Å². The number of esters is 3. The van der Waals surface area contributed by atoms with Gasteiger partial charge in [-0.2, -0.15) is 0 Å². The maximum absolute atomic E-state index is 12.5. The smallest absolute Gasteiger partial charge is 0.305 e. The van der Waals surface area contributed by atoms with Crippen LogP contribution in [0.4, 0.5) is 0 Å². The van der Waals surface area contributed by atoms with Crippen molar-refractivity contribution in [1.82, 2.24) is 4.90 Å². The molecule has 1 aliphatic heterocycles. The van der Waals surface area contributed by atoms with E-state index in [9.17, 15) is 19.5 Å². The Morgan fingerprint density at radius 1 is 0.509 bits per heavy atom. The number of carbonyl (C=O) groups excluding carboxylic acids is 3. The number of unbranched alkanes of at least 4 members (excludes halogenated alkanes) is 20. The molecule has 1 rings (SSSR count). The maximum Gasteiger partial charge on any atom is 0.305 e. The van der Waals surface area contributed by atoms with Gasteiger partial charge in [0.1, 0.15) is 19.8 Å². The van der Waals surface area contributed by atoms with Gasteiger partial charge in [0.2, 0.25) is 0 Å². The Balaban J connectivity index is 2.26. The van der Waals surface area contributed by atoms with Gasteiger partial charge in [-0.15, -0.1) is 0 Å². The summed E-state index contributed by atoms with van der Waals surface area (Å²) in [6.45, 7) is 7.11. The first-order valence-electron chi connectivity index (χ1n) is 22.1. The van der Waals surface area contributed by atoms with Gasteiger partial charge >= 0.3 is 17.9 Å². The Labute approximate surface area is 325 Å². The summed E-state index contributed by atoms with van der Waals surface area (Å²) in [7, 11) is 0. The SMILES string of the molecule is CCCCCC/C=C\CCCCCCCC(=O)OCC(COC(=O)CCCCCCC/C=C\CCCCCC)COC(=O)CCCCCN1CC(O)C1. The summed E-state index contributed by atoms with van der Waals surface area (Å²) < 4.78 is 16.7. The molecule has 1 saturated heterocycles. The summed E-state index contributed by atoms with van der Waals surface area (Å²) in [5.74, 6) is -1.17. The Morgan fingerprint density at radius 3 is 1.19 bits per heavy atom. The fourth-order valence-corrected chi connectivity index (χ4v) is 6.47. The third-order valence-electron chi connectivity index (χ3n) is 10.0. The van der Waals surface area contributed by atoms with E-state index in [4.69, 9.17) is 14.2 Å². The van der Waals surface area contributed by atoms with Crippen LogP contribution in [-0.2, 0) is 28.6 Å². The van der Waals surface area contributed by atoms with E-state index in [2.05, 4.69) is 43.1 Å². The number of rotatable bonds is 38. The lowest BCUT2D eigenvalue weighted by Gasteiger charge is -2.35. The predicted molar refractivity (Wildman–Crippen MR) is 218 cm³/mol. The molecule has 1 heterocycles. The molecule has 0 bridgehead atoms. The predicted octanol–water partition coefficient (Wildman–Crippen LogP) is 11.0. The van der Waals surface area contributed by atoms with Crippen molar-refractivity contribution in [1.29, 1.82) is 0 Å². The monoisotopic (exact) mass is 748 g/mol. The van der Waals surface area contributed by atoms with Crippen molar-refractivity contribution in [2.75, 3.05) is 39.5 Å². The number of likely N-dealkylation sites (tertiary alicyclic amines) is 1. The van der Waals surface area contributed by atoms with Crippen LogP contribution in [0.2, 0.25) is 0 Å². The van der Waals surface area contributed by atoms with Crippen LogP contribution in [0.3, 0.4) is 0 Å². The molecule has 0 unspecified atom stereocenters. The van der Waals surface area contributed by atoms with Crippen molar-refractivity contribution in [3.63, 3.8) is 0 Å². The van der Waals surface area contributed by atoms with E-state index >= 15 is 0 Å². The van der Waals surface area contributed by atoms with Gasteiger partial charge in [-0.1, -0.05) is 122 Å². The van der Waals surface area contributed by atoms with E-state index in [1.165, 1.54) is 89.9 Å². The first-order chi connectivity index (χ1) is 25.9. The molecular formula is C45H81NO7. The topological polar surface area (TPSA) is 102 Å². The lowest BCUT2D eigenvalue weighted by atomic mass is 10.1. The molecule has 0 saturated carbocycles. The van der Waals surface area contributed by atoms with E-state index in [1.54, 1.807) is 0 Å². The molecule has 0 atom stereocenters. The highest BCUT2D eigenvalue weighted by molar-refractivity contribution is 5.70. The molecule has 1 aliphatic rings. The molecule has 1 fully saturated rings. The average molecular weight is 748 g/mol. The number of carbonyl (C=O) groups is 3. The number of ether oxygens (including phenoxy) is 3. The fourth-order valence-electron chi connectivity index (χ4n) is 6.47. The Hall–Kier alpha value is -2.19. The maximum atomic E-state index is 12.5. The van der Waals surface area contributed by atoms with Crippen LogP contribution in [0, 0.1) is 5.92 Å². The van der Waals surface area contributed by atoms with Gasteiger partial charge in [0.05, 0.1) is 12.0 Å². The van der Waals surface area contributed by atoms with Gasteiger partial charge < -0.3 is 19.3 Å². The summed E-state index contributed by atoms with van der Waals surface area (Å²) in [5, 5.41) is 9.40. The molecule has 0 aliphatic carbocycles. The molecule has 8 nitrogen and oxygen atoms in total. The number of β-amino-alcohol motifs (C(OH)–C–C–N with tert-alkyl or cyclic N) is 1. The van der Waals surface area contributed by atoms with Gasteiger partial charge in [-0.3, -0.25) is 19.3 Å². The molecule has 53 heavy (non-hydrogen) atoms. The van der Waals surface area contributed by atoms with Gasteiger partial charge in [0, 0.05) is 32.4 Å². The standard InChI is InChI=1S/C45H81NO7/c1-3-5-7-9-11-13-15-17-19-21-23-25-28-32-43(48)51-38-41(40-53-45(50)34-30-27-31-35-46-36-42(47)37-46)39-52-44(49)33-29-26-24-22-20-18-16-14-12-10-8-6-4-2/h13-16,41-42,47H,3-12,17-40H2,1-2H3/b15-13-,16-14-. The highest BCUT2D eigenvalue weighted by atomic mass is 16.6. The number of nitrogens with zero attached hydrogens (tertiary/aromatic N) is 1. The zero-order valence-corrected chi connectivity index (χ0v) is 34.3. The average Bonchev–Trinajstić information content (AvgIpc) is 3.14. The fraction of sp³-hybridized carbons (Fsp3) is 0.844. The van der Waals surface area contributed by atoms with Crippen molar-refractivity contribution in [2.24, 2.45) is 5.92 Å². The number of aliphatic hydroxyl groups is 1. The van der Waals surface area contributed by atoms with Crippen molar-refractivity contribution in [3.05, 3.63) is 24.3 Å². The van der Waals surface area contributed by atoms with Crippen LogP contribution < -0.4 is 0 Å². The molecule has 0 aromatic carbocycles. The number of allylic oxidation sites excluding steroid dienone is 4. The van der Waals surface area contributed by atoms with Crippen molar-refractivity contribution in [3.8, 4) is 0 Å². The number of hydrogen-bond donors (Lipinski definition) is 1. The first kappa shape index (κ1) is 48.8. The van der Waals surface area contributed by atoms with Crippen LogP contribution in [0.5, 0.6) is 0 Å². The zero-order chi connectivity index (χ0) is 38.5. The summed E-state index contributed by atoms with van der Waals surface area (Å²) in [6.07, 6.45) is 38.5. The second-order valence-electron chi connectivity index (χ2n) is 15.4. The Morgan fingerprint density at radius 2 is 0.830 bits per heavy atom. The Bertz CT molecular complexity index is 878. The highest BCUT2D eigenvalue weighted by Gasteiger charge is 2.23. The minimum absolute atomic E-state index is 0.0609. The van der Waals surface area contributed by atoms with Gasteiger partial charge in [-0.05, 0) is 83.6 Å². The van der Waals surface area contributed by atoms with E-state index in [0.29, 0.717) is 19.3 Å². The minimum Gasteiger partial charge on any atom is -0.465 e. The van der Waals surface area contributed by atoms with E-state index in [0.717, 1.165) is 90.3 Å². The van der Waals surface area contributed by atoms with Gasteiger partial charge in [0.25, 0.3) is 0 Å². The summed E-state index contributed by atoms with van der Waals surface area (Å²) in [5.41, 5.74) is 0. The molecule has 0 amide bonds. The summed E-state index contributed by atoms with van der Waals surface area (Å²) >= 11 is 0.